The van der Waals surface area contributed by atoms with Gasteiger partial charge in [-0.1, -0.05) is 6.42 Å². The molecular formula is C12H20F3N. The summed E-state index contributed by atoms with van der Waals surface area (Å²) in [5.41, 5.74) is 0. The molecule has 0 spiro atoms. The Morgan fingerprint density at radius 1 is 1.12 bits per heavy atom. The Balaban J connectivity index is 1.81. The lowest BCUT2D eigenvalue weighted by Gasteiger charge is -2.33. The van der Waals surface area contributed by atoms with Crippen LogP contribution < -0.4 is 5.32 Å². The van der Waals surface area contributed by atoms with Gasteiger partial charge in [0.2, 0.25) is 0 Å². The van der Waals surface area contributed by atoms with E-state index in [1.165, 1.54) is 12.8 Å². The van der Waals surface area contributed by atoms with Crippen LogP contribution in [0.15, 0.2) is 0 Å². The average Bonchev–Trinajstić information content (AvgIpc) is 2.99. The van der Waals surface area contributed by atoms with Crippen molar-refractivity contribution in [2.75, 3.05) is 0 Å². The first-order valence-electron chi connectivity index (χ1n) is 6.29. The summed E-state index contributed by atoms with van der Waals surface area (Å²) >= 11 is 0. The molecule has 1 nitrogen and oxygen atoms in total. The van der Waals surface area contributed by atoms with Gasteiger partial charge in [0.1, 0.15) is 0 Å². The number of nitrogens with one attached hydrogen (secondary N) is 1. The lowest BCUT2D eigenvalue weighted by molar-refractivity contribution is -0.183. The van der Waals surface area contributed by atoms with Gasteiger partial charge in [0, 0.05) is 12.1 Å². The molecule has 0 aromatic carbocycles. The Hall–Kier alpha value is -0.250. The maximum atomic E-state index is 12.6. The zero-order chi connectivity index (χ0) is 11.8. The number of halogens is 3. The van der Waals surface area contributed by atoms with Gasteiger partial charge in [0.25, 0.3) is 0 Å². The van der Waals surface area contributed by atoms with Crippen LogP contribution in [-0.4, -0.2) is 18.3 Å². The Morgan fingerprint density at radius 3 is 2.38 bits per heavy atom. The van der Waals surface area contributed by atoms with E-state index < -0.39 is 12.1 Å². The van der Waals surface area contributed by atoms with Gasteiger partial charge in [-0.25, -0.2) is 0 Å². The third-order valence-electron chi connectivity index (χ3n) is 3.96. The van der Waals surface area contributed by atoms with E-state index in [-0.39, 0.29) is 12.5 Å². The lowest BCUT2D eigenvalue weighted by atomic mass is 9.85. The lowest BCUT2D eigenvalue weighted by Crippen LogP contribution is -2.43. The molecule has 0 aromatic heterocycles. The molecule has 4 heteroatoms. The molecule has 1 N–H and O–H groups in total. The van der Waals surface area contributed by atoms with Gasteiger partial charge in [-0.3, -0.25) is 0 Å². The van der Waals surface area contributed by atoms with Gasteiger partial charge in [0.05, 0.1) is 5.92 Å². The van der Waals surface area contributed by atoms with Crippen molar-refractivity contribution in [3.8, 4) is 0 Å². The second-order valence-corrected chi connectivity index (χ2v) is 5.39. The van der Waals surface area contributed by atoms with Crippen LogP contribution in [0, 0.1) is 11.8 Å². The van der Waals surface area contributed by atoms with Crippen molar-refractivity contribution < 1.29 is 13.2 Å². The molecule has 0 heterocycles. The molecule has 0 amide bonds. The Bertz CT molecular complexity index is 235. The smallest absolute Gasteiger partial charge is 0.311 e. The van der Waals surface area contributed by atoms with Crippen LogP contribution in [0.2, 0.25) is 0 Å². The highest BCUT2D eigenvalue weighted by atomic mass is 19.4. The number of hydrogen-bond donors (Lipinski definition) is 1. The van der Waals surface area contributed by atoms with E-state index in [9.17, 15) is 13.2 Å². The number of alkyl halides is 3. The predicted molar refractivity (Wildman–Crippen MR) is 57.1 cm³/mol. The van der Waals surface area contributed by atoms with E-state index in [0.717, 1.165) is 6.42 Å². The normalized spacial score (nSPS) is 33.8. The fourth-order valence-corrected chi connectivity index (χ4v) is 2.74. The molecule has 0 aromatic rings. The van der Waals surface area contributed by atoms with E-state index in [4.69, 9.17) is 0 Å². The van der Waals surface area contributed by atoms with Crippen LogP contribution in [0.3, 0.4) is 0 Å². The van der Waals surface area contributed by atoms with Crippen molar-refractivity contribution in [1.29, 1.82) is 0 Å². The monoisotopic (exact) mass is 235 g/mol. The molecule has 3 atom stereocenters. The van der Waals surface area contributed by atoms with Crippen molar-refractivity contribution in [1.82, 2.24) is 5.32 Å². The van der Waals surface area contributed by atoms with E-state index in [2.05, 4.69) is 12.2 Å². The fourth-order valence-electron chi connectivity index (χ4n) is 2.74. The Morgan fingerprint density at radius 2 is 1.81 bits per heavy atom. The Labute approximate surface area is 94.8 Å². The van der Waals surface area contributed by atoms with Gasteiger partial charge in [-0.15, -0.1) is 0 Å². The van der Waals surface area contributed by atoms with Crippen molar-refractivity contribution in [2.24, 2.45) is 11.8 Å². The molecule has 2 aliphatic rings. The summed E-state index contributed by atoms with van der Waals surface area (Å²) in [6.07, 6.45) is 0.694. The first kappa shape index (κ1) is 12.2. The SMILES string of the molecule is CC(NC1CCCC(C(F)(F)F)C1)C1CC1. The largest absolute Gasteiger partial charge is 0.391 e. The minimum Gasteiger partial charge on any atom is -0.311 e. The van der Waals surface area contributed by atoms with Gasteiger partial charge in [-0.2, -0.15) is 13.2 Å². The van der Waals surface area contributed by atoms with Gasteiger partial charge in [-0.05, 0) is 44.9 Å². The maximum Gasteiger partial charge on any atom is 0.391 e. The zero-order valence-electron chi connectivity index (χ0n) is 9.69. The van der Waals surface area contributed by atoms with E-state index in [1.807, 2.05) is 0 Å². The first-order valence-corrected chi connectivity index (χ1v) is 6.29. The van der Waals surface area contributed by atoms with Gasteiger partial charge in [0.15, 0.2) is 0 Å². The third kappa shape index (κ3) is 3.12. The molecule has 2 rings (SSSR count). The van der Waals surface area contributed by atoms with Crippen LogP contribution in [0.1, 0.15) is 45.4 Å². The third-order valence-corrected chi connectivity index (χ3v) is 3.96. The summed E-state index contributed by atoms with van der Waals surface area (Å²) in [6, 6.07) is 0.480. The van der Waals surface area contributed by atoms with E-state index >= 15 is 0 Å². The second-order valence-electron chi connectivity index (χ2n) is 5.39. The standard InChI is InChI=1S/C12H20F3N/c1-8(9-5-6-9)16-11-4-2-3-10(7-11)12(13,14)15/h8-11,16H,2-7H2,1H3. The van der Waals surface area contributed by atoms with Crippen LogP contribution >= 0.6 is 0 Å². The second kappa shape index (κ2) is 4.55. The van der Waals surface area contributed by atoms with Crippen LogP contribution in [0.25, 0.3) is 0 Å². The van der Waals surface area contributed by atoms with Crippen molar-refractivity contribution in [2.45, 2.75) is 63.7 Å². The summed E-state index contributed by atoms with van der Waals surface area (Å²) < 4.78 is 37.8. The minimum absolute atomic E-state index is 0.0796. The first-order chi connectivity index (χ1) is 7.47. The van der Waals surface area contributed by atoms with Gasteiger partial charge < -0.3 is 5.32 Å². The zero-order valence-corrected chi connectivity index (χ0v) is 9.69. The van der Waals surface area contributed by atoms with Gasteiger partial charge >= 0.3 is 6.18 Å². The summed E-state index contributed by atoms with van der Waals surface area (Å²) in [5, 5.41) is 3.38. The molecule has 2 fully saturated rings. The van der Waals surface area contributed by atoms with E-state index in [1.54, 1.807) is 0 Å². The minimum atomic E-state index is -4.00. The number of hydrogen-bond acceptors (Lipinski definition) is 1. The molecule has 0 saturated heterocycles. The number of rotatable bonds is 3. The van der Waals surface area contributed by atoms with Crippen LogP contribution in [0.4, 0.5) is 13.2 Å². The van der Waals surface area contributed by atoms with E-state index in [0.29, 0.717) is 24.8 Å². The molecular weight excluding hydrogens is 215 g/mol. The molecule has 0 aliphatic heterocycles. The van der Waals surface area contributed by atoms with Crippen molar-refractivity contribution in [3.63, 3.8) is 0 Å². The van der Waals surface area contributed by atoms with Crippen LogP contribution in [-0.2, 0) is 0 Å². The summed E-state index contributed by atoms with van der Waals surface area (Å²) in [7, 11) is 0. The highest BCUT2D eigenvalue weighted by Crippen LogP contribution is 2.38. The summed E-state index contributed by atoms with van der Waals surface area (Å²) in [6.45, 7) is 2.11. The summed E-state index contributed by atoms with van der Waals surface area (Å²) in [5.74, 6) is -0.364. The maximum absolute atomic E-state index is 12.6. The predicted octanol–water partition coefficient (Wildman–Crippen LogP) is 3.50. The molecule has 0 radical (unpaired) electrons. The average molecular weight is 235 g/mol. The highest BCUT2D eigenvalue weighted by molar-refractivity contribution is 4.88. The molecule has 16 heavy (non-hydrogen) atoms. The highest BCUT2D eigenvalue weighted by Gasteiger charge is 2.42. The molecule has 2 aliphatic carbocycles. The molecule has 3 unspecified atom stereocenters. The van der Waals surface area contributed by atoms with Crippen molar-refractivity contribution >= 4 is 0 Å². The topological polar surface area (TPSA) is 12.0 Å². The molecule has 0 bridgehead atoms. The van der Waals surface area contributed by atoms with Crippen molar-refractivity contribution in [3.05, 3.63) is 0 Å². The molecule has 94 valence electrons. The van der Waals surface area contributed by atoms with Crippen LogP contribution in [0.5, 0.6) is 0 Å². The fraction of sp³-hybridized carbons (Fsp3) is 1.00. The quantitative estimate of drug-likeness (QED) is 0.789. The molecule has 2 saturated carbocycles. The Kier molecular flexibility index (Phi) is 3.48. The summed E-state index contributed by atoms with van der Waals surface area (Å²) in [4.78, 5) is 0.